The highest BCUT2D eigenvalue weighted by Crippen LogP contribution is 2.26. The van der Waals surface area contributed by atoms with Crippen LogP contribution in [0.25, 0.3) is 0 Å². The van der Waals surface area contributed by atoms with Crippen LogP contribution in [0.4, 0.5) is 0 Å². The summed E-state index contributed by atoms with van der Waals surface area (Å²) < 4.78 is 5.93. The van der Waals surface area contributed by atoms with Gasteiger partial charge in [0.05, 0.1) is 18.7 Å². The summed E-state index contributed by atoms with van der Waals surface area (Å²) in [6.07, 6.45) is 1.20. The fourth-order valence-corrected chi connectivity index (χ4v) is 3.05. The third kappa shape index (κ3) is 5.73. The summed E-state index contributed by atoms with van der Waals surface area (Å²) in [5, 5.41) is 29.9. The molecule has 162 valence electrons. The highest BCUT2D eigenvalue weighted by molar-refractivity contribution is 5.94. The van der Waals surface area contributed by atoms with E-state index in [9.17, 15) is 19.5 Å². The molecule has 2 aromatic heterocycles. The maximum atomic E-state index is 12.3. The van der Waals surface area contributed by atoms with Crippen LogP contribution in [0.2, 0.25) is 0 Å². The van der Waals surface area contributed by atoms with Crippen LogP contribution in [0.3, 0.4) is 0 Å². The Bertz CT molecular complexity index is 954. The number of nitrogens with zero attached hydrogens (tertiary/aromatic N) is 3. The summed E-state index contributed by atoms with van der Waals surface area (Å²) in [6, 6.07) is 2.19. The molecule has 0 aliphatic heterocycles. The SMILES string of the molecule is Cc1nonc1CNC(=O)[C@H]1C[C@H](NC(=O)c2ccn(C)c(=O)c2)[C@@H](O)C1.O=CO. The Hall–Kier alpha value is -3.54. The van der Waals surface area contributed by atoms with Gasteiger partial charge in [-0.15, -0.1) is 0 Å². The maximum Gasteiger partial charge on any atom is 0.290 e. The van der Waals surface area contributed by atoms with Gasteiger partial charge in [-0.3, -0.25) is 19.2 Å². The highest BCUT2D eigenvalue weighted by atomic mass is 16.6. The molecule has 12 nitrogen and oxygen atoms in total. The molecule has 1 aliphatic carbocycles. The minimum Gasteiger partial charge on any atom is -0.483 e. The number of aromatic nitrogens is 3. The van der Waals surface area contributed by atoms with Crippen LogP contribution in [0.1, 0.15) is 34.6 Å². The standard InChI is InChI=1S/C17H21N5O5.CH2O2/c1-9-13(21-27-20-9)8-18-16(25)11-5-12(14(23)6-11)19-17(26)10-3-4-22(2)15(24)7-10;2-1-3/h3-4,7,11-12,14,23H,5-6,8H2,1-2H3,(H,18,25)(H,19,26);1H,(H,2,3)/t11-,12-,14-;/m0./s1. The second kappa shape index (κ2) is 10.3. The van der Waals surface area contributed by atoms with E-state index in [1.54, 1.807) is 14.0 Å². The summed E-state index contributed by atoms with van der Waals surface area (Å²) in [6.45, 7) is 1.66. The van der Waals surface area contributed by atoms with Gasteiger partial charge in [0.2, 0.25) is 5.91 Å². The van der Waals surface area contributed by atoms with Crippen LogP contribution in [-0.2, 0) is 23.2 Å². The second-order valence-corrected chi connectivity index (χ2v) is 6.80. The third-order valence-electron chi connectivity index (χ3n) is 4.76. The number of hydrogen-bond donors (Lipinski definition) is 4. The molecule has 12 heteroatoms. The van der Waals surface area contributed by atoms with Gasteiger partial charge < -0.3 is 25.4 Å². The Labute approximate surface area is 170 Å². The molecule has 0 unspecified atom stereocenters. The quantitative estimate of drug-likeness (QED) is 0.439. The molecule has 4 N–H and O–H groups in total. The van der Waals surface area contributed by atoms with E-state index in [1.807, 2.05) is 0 Å². The van der Waals surface area contributed by atoms with E-state index in [-0.39, 0.29) is 36.5 Å². The van der Waals surface area contributed by atoms with Crippen molar-refractivity contribution in [3.8, 4) is 0 Å². The van der Waals surface area contributed by atoms with Crippen molar-refractivity contribution >= 4 is 18.3 Å². The molecule has 1 fully saturated rings. The highest BCUT2D eigenvalue weighted by Gasteiger charge is 2.37. The van der Waals surface area contributed by atoms with Gasteiger partial charge in [0.1, 0.15) is 11.4 Å². The van der Waals surface area contributed by atoms with Crippen LogP contribution in [0.5, 0.6) is 0 Å². The van der Waals surface area contributed by atoms with Crippen molar-refractivity contribution in [2.45, 2.75) is 38.5 Å². The minimum absolute atomic E-state index is 0.186. The Morgan fingerprint density at radius 2 is 2.07 bits per heavy atom. The number of pyridine rings is 1. The van der Waals surface area contributed by atoms with Crippen molar-refractivity contribution in [2.24, 2.45) is 13.0 Å². The van der Waals surface area contributed by atoms with Crippen molar-refractivity contribution in [3.05, 3.63) is 45.6 Å². The van der Waals surface area contributed by atoms with E-state index < -0.39 is 24.0 Å². The number of aliphatic hydroxyl groups is 1. The first-order valence-corrected chi connectivity index (χ1v) is 9.06. The number of carbonyl (C=O) groups excluding carboxylic acids is 2. The molecule has 1 saturated carbocycles. The molecule has 2 heterocycles. The summed E-state index contributed by atoms with van der Waals surface area (Å²) in [7, 11) is 1.59. The van der Waals surface area contributed by atoms with Gasteiger partial charge in [0.25, 0.3) is 17.9 Å². The number of amides is 2. The lowest BCUT2D eigenvalue weighted by atomic mass is 10.1. The molecular formula is C18H23N5O7. The number of nitrogens with one attached hydrogen (secondary N) is 2. The Balaban J connectivity index is 0.00000101. The number of carbonyl (C=O) groups is 3. The fourth-order valence-electron chi connectivity index (χ4n) is 3.05. The molecule has 1 aliphatic rings. The van der Waals surface area contributed by atoms with Crippen LogP contribution < -0.4 is 16.2 Å². The topological polar surface area (TPSA) is 177 Å². The van der Waals surface area contributed by atoms with Crippen molar-refractivity contribution in [2.75, 3.05) is 0 Å². The zero-order valence-corrected chi connectivity index (χ0v) is 16.4. The average Bonchev–Trinajstić information content (AvgIpc) is 3.28. The zero-order chi connectivity index (χ0) is 22.3. The van der Waals surface area contributed by atoms with Crippen LogP contribution in [0.15, 0.2) is 27.8 Å². The lowest BCUT2D eigenvalue weighted by Gasteiger charge is -2.16. The fraction of sp³-hybridized carbons (Fsp3) is 0.444. The van der Waals surface area contributed by atoms with Crippen molar-refractivity contribution in [1.82, 2.24) is 25.5 Å². The van der Waals surface area contributed by atoms with Gasteiger partial charge in [-0.05, 0) is 25.8 Å². The predicted molar refractivity (Wildman–Crippen MR) is 101 cm³/mol. The van der Waals surface area contributed by atoms with Gasteiger partial charge in [0.15, 0.2) is 0 Å². The van der Waals surface area contributed by atoms with E-state index in [0.29, 0.717) is 17.8 Å². The maximum absolute atomic E-state index is 12.3. The molecule has 0 saturated heterocycles. The Morgan fingerprint density at radius 1 is 1.37 bits per heavy atom. The molecule has 0 spiro atoms. The molecule has 3 rings (SSSR count). The zero-order valence-electron chi connectivity index (χ0n) is 16.4. The molecule has 3 atom stereocenters. The van der Waals surface area contributed by atoms with E-state index in [4.69, 9.17) is 9.90 Å². The van der Waals surface area contributed by atoms with Crippen LogP contribution in [0, 0.1) is 12.8 Å². The Kier molecular flexibility index (Phi) is 7.81. The number of carboxylic acid groups (broad SMARTS) is 1. The molecule has 2 aromatic rings. The van der Waals surface area contributed by atoms with Gasteiger partial charge in [0, 0.05) is 30.8 Å². The van der Waals surface area contributed by atoms with Crippen LogP contribution in [-0.4, -0.2) is 55.5 Å². The van der Waals surface area contributed by atoms with E-state index in [0.717, 1.165) is 0 Å². The summed E-state index contributed by atoms with van der Waals surface area (Å²) in [4.78, 5) is 44.6. The molecule has 30 heavy (non-hydrogen) atoms. The molecule has 2 amide bonds. The summed E-state index contributed by atoms with van der Waals surface area (Å²) in [5.74, 6) is -1.13. The molecule has 0 bridgehead atoms. The van der Waals surface area contributed by atoms with Crippen molar-refractivity contribution in [1.29, 1.82) is 0 Å². The second-order valence-electron chi connectivity index (χ2n) is 6.80. The van der Waals surface area contributed by atoms with Gasteiger partial charge in [-0.1, -0.05) is 10.3 Å². The first kappa shape index (κ1) is 22.7. The van der Waals surface area contributed by atoms with Crippen molar-refractivity contribution < 1.29 is 29.2 Å². The number of rotatable bonds is 5. The summed E-state index contributed by atoms with van der Waals surface area (Å²) >= 11 is 0. The summed E-state index contributed by atoms with van der Waals surface area (Å²) in [5.41, 5.74) is 1.05. The predicted octanol–water partition coefficient (Wildman–Crippen LogP) is -1.04. The number of hydrogen-bond acceptors (Lipinski definition) is 8. The third-order valence-corrected chi connectivity index (χ3v) is 4.76. The van der Waals surface area contributed by atoms with E-state index in [2.05, 4.69) is 25.6 Å². The first-order valence-electron chi connectivity index (χ1n) is 9.06. The normalized spacial score (nSPS) is 20.0. The monoisotopic (exact) mass is 421 g/mol. The average molecular weight is 421 g/mol. The lowest BCUT2D eigenvalue weighted by Crippen LogP contribution is -2.40. The number of aliphatic hydroxyl groups excluding tert-OH is 1. The van der Waals surface area contributed by atoms with Gasteiger partial charge in [-0.25, -0.2) is 4.63 Å². The molecule has 0 radical (unpaired) electrons. The molecule has 0 aromatic carbocycles. The van der Waals surface area contributed by atoms with Gasteiger partial charge >= 0.3 is 0 Å². The van der Waals surface area contributed by atoms with Crippen molar-refractivity contribution in [3.63, 3.8) is 0 Å². The van der Waals surface area contributed by atoms with Crippen LogP contribution >= 0.6 is 0 Å². The van der Waals surface area contributed by atoms with E-state index in [1.165, 1.54) is 22.9 Å². The largest absolute Gasteiger partial charge is 0.483 e. The van der Waals surface area contributed by atoms with Gasteiger partial charge in [-0.2, -0.15) is 0 Å². The smallest absolute Gasteiger partial charge is 0.290 e. The first-order chi connectivity index (χ1) is 14.3. The molecular weight excluding hydrogens is 398 g/mol. The van der Waals surface area contributed by atoms with E-state index >= 15 is 0 Å². The minimum atomic E-state index is -0.841. The lowest BCUT2D eigenvalue weighted by molar-refractivity contribution is -0.125. The number of aryl methyl sites for hydroxylation is 2. The Morgan fingerprint density at radius 3 is 2.67 bits per heavy atom.